The summed E-state index contributed by atoms with van der Waals surface area (Å²) in [7, 11) is 3.72. The number of aryl methyl sites for hydroxylation is 1. The summed E-state index contributed by atoms with van der Waals surface area (Å²) >= 11 is 6.15. The predicted octanol–water partition coefficient (Wildman–Crippen LogP) is 2.43. The van der Waals surface area contributed by atoms with Gasteiger partial charge in [0, 0.05) is 57.4 Å². The molecule has 3 rings (SSSR count). The minimum atomic E-state index is -0.249. The van der Waals surface area contributed by atoms with Gasteiger partial charge >= 0.3 is 0 Å². The molecule has 154 valence electrons. The lowest BCUT2D eigenvalue weighted by Crippen LogP contribution is -2.52. The van der Waals surface area contributed by atoms with Gasteiger partial charge in [-0.15, -0.1) is 34.2 Å². The lowest BCUT2D eigenvalue weighted by Gasteiger charge is -2.36. The van der Waals surface area contributed by atoms with Gasteiger partial charge in [-0.3, -0.25) is 9.89 Å². The molecule has 0 unspecified atom stereocenters. The molecule has 7 nitrogen and oxygen atoms in total. The Labute approximate surface area is 187 Å². The van der Waals surface area contributed by atoms with Crippen molar-refractivity contribution in [3.05, 3.63) is 46.3 Å². The average Bonchev–Trinajstić information content (AvgIpc) is 2.98. The van der Waals surface area contributed by atoms with Crippen LogP contribution in [0.15, 0.2) is 23.2 Å². The molecule has 0 radical (unpaired) electrons. The van der Waals surface area contributed by atoms with E-state index in [-0.39, 0.29) is 29.8 Å². The number of halogens is 3. The number of aliphatic imine (C=N–C) groups is 1. The van der Waals surface area contributed by atoms with Gasteiger partial charge in [0.1, 0.15) is 11.6 Å². The molecule has 1 fully saturated rings. The molecular formula is C18H26ClFIN7. The molecule has 1 aromatic heterocycles. The van der Waals surface area contributed by atoms with Gasteiger partial charge in [0.05, 0.1) is 6.54 Å². The second-order valence-electron chi connectivity index (χ2n) is 6.59. The van der Waals surface area contributed by atoms with Crippen molar-refractivity contribution in [2.24, 2.45) is 12.0 Å². The fourth-order valence-corrected chi connectivity index (χ4v) is 3.34. The maximum absolute atomic E-state index is 14.0. The van der Waals surface area contributed by atoms with Crippen LogP contribution in [-0.2, 0) is 20.1 Å². The molecule has 1 aliphatic rings. The van der Waals surface area contributed by atoms with E-state index in [1.165, 1.54) is 6.07 Å². The smallest absolute Gasteiger partial charge is 0.194 e. The molecule has 2 heterocycles. The Balaban J connectivity index is 0.00000280. The molecule has 10 heteroatoms. The van der Waals surface area contributed by atoms with Gasteiger partial charge in [0.15, 0.2) is 11.8 Å². The maximum atomic E-state index is 14.0. The Kier molecular flexibility index (Phi) is 8.44. The third kappa shape index (κ3) is 5.32. The van der Waals surface area contributed by atoms with Crippen molar-refractivity contribution in [3.63, 3.8) is 0 Å². The van der Waals surface area contributed by atoms with Crippen LogP contribution in [0.1, 0.15) is 17.2 Å². The molecule has 0 amide bonds. The van der Waals surface area contributed by atoms with Crippen molar-refractivity contribution < 1.29 is 4.39 Å². The van der Waals surface area contributed by atoms with Crippen molar-refractivity contribution in [1.82, 2.24) is 29.9 Å². The van der Waals surface area contributed by atoms with Crippen LogP contribution in [0.3, 0.4) is 0 Å². The SMILES string of the molecule is CN=C(NCc1nnc(C)n1C)N1CCN(Cc2c(F)cccc2Cl)CC1.I. The van der Waals surface area contributed by atoms with Crippen LogP contribution < -0.4 is 5.32 Å². The largest absolute Gasteiger partial charge is 0.349 e. The zero-order valence-corrected chi connectivity index (χ0v) is 19.4. The van der Waals surface area contributed by atoms with Crippen LogP contribution in [-0.4, -0.2) is 63.8 Å². The summed E-state index contributed by atoms with van der Waals surface area (Å²) < 4.78 is 16.0. The average molecular weight is 522 g/mol. The molecular weight excluding hydrogens is 496 g/mol. The molecule has 28 heavy (non-hydrogen) atoms. The molecule has 1 aromatic carbocycles. The van der Waals surface area contributed by atoms with E-state index >= 15 is 0 Å². The maximum Gasteiger partial charge on any atom is 0.194 e. The molecule has 1 saturated heterocycles. The molecule has 0 spiro atoms. The lowest BCUT2D eigenvalue weighted by atomic mass is 10.2. The minimum absolute atomic E-state index is 0. The fourth-order valence-electron chi connectivity index (χ4n) is 3.12. The molecule has 0 atom stereocenters. The van der Waals surface area contributed by atoms with Crippen LogP contribution in [0.25, 0.3) is 0 Å². The van der Waals surface area contributed by atoms with E-state index < -0.39 is 0 Å². The van der Waals surface area contributed by atoms with E-state index in [4.69, 9.17) is 11.6 Å². The highest BCUT2D eigenvalue weighted by atomic mass is 127. The number of hydrogen-bond donors (Lipinski definition) is 1. The number of rotatable bonds is 4. The number of nitrogens with zero attached hydrogens (tertiary/aromatic N) is 6. The van der Waals surface area contributed by atoms with E-state index in [9.17, 15) is 4.39 Å². The third-order valence-corrected chi connectivity index (χ3v) is 5.27. The van der Waals surface area contributed by atoms with E-state index in [0.29, 0.717) is 23.7 Å². The second kappa shape index (κ2) is 10.4. The van der Waals surface area contributed by atoms with Crippen molar-refractivity contribution in [1.29, 1.82) is 0 Å². The van der Waals surface area contributed by atoms with Gasteiger partial charge in [-0.2, -0.15) is 0 Å². The Bertz CT molecular complexity index is 798. The summed E-state index contributed by atoms with van der Waals surface area (Å²) in [4.78, 5) is 8.78. The van der Waals surface area contributed by atoms with Crippen LogP contribution >= 0.6 is 35.6 Å². The summed E-state index contributed by atoms with van der Waals surface area (Å²) in [6, 6.07) is 4.82. The first-order valence-corrected chi connectivity index (χ1v) is 9.33. The zero-order valence-electron chi connectivity index (χ0n) is 16.3. The topological polar surface area (TPSA) is 61.6 Å². The lowest BCUT2D eigenvalue weighted by molar-refractivity contribution is 0.171. The number of guanidine groups is 1. The predicted molar refractivity (Wildman–Crippen MR) is 120 cm³/mol. The van der Waals surface area contributed by atoms with Crippen molar-refractivity contribution in [2.45, 2.75) is 20.0 Å². The van der Waals surface area contributed by atoms with E-state index in [1.54, 1.807) is 19.2 Å². The Morgan fingerprint density at radius 3 is 2.54 bits per heavy atom. The molecule has 0 saturated carbocycles. The van der Waals surface area contributed by atoms with Crippen molar-refractivity contribution in [3.8, 4) is 0 Å². The number of piperazine rings is 1. The highest BCUT2D eigenvalue weighted by Gasteiger charge is 2.21. The first-order chi connectivity index (χ1) is 13.0. The summed E-state index contributed by atoms with van der Waals surface area (Å²) in [5.41, 5.74) is 0.563. The molecule has 2 aromatic rings. The fraction of sp³-hybridized carbons (Fsp3) is 0.500. The quantitative estimate of drug-likeness (QED) is 0.380. The summed E-state index contributed by atoms with van der Waals surface area (Å²) in [5.74, 6) is 2.32. The van der Waals surface area contributed by atoms with Crippen molar-refractivity contribution in [2.75, 3.05) is 33.2 Å². The van der Waals surface area contributed by atoms with Crippen LogP contribution in [0.4, 0.5) is 4.39 Å². The van der Waals surface area contributed by atoms with Gasteiger partial charge in [0.25, 0.3) is 0 Å². The number of benzene rings is 1. The van der Waals surface area contributed by atoms with Gasteiger partial charge < -0.3 is 14.8 Å². The first kappa shape index (κ1) is 22.8. The number of aromatic nitrogens is 3. The monoisotopic (exact) mass is 521 g/mol. The summed E-state index contributed by atoms with van der Waals surface area (Å²) in [6.07, 6.45) is 0. The van der Waals surface area contributed by atoms with E-state index in [0.717, 1.165) is 43.8 Å². The third-order valence-electron chi connectivity index (χ3n) is 4.91. The number of nitrogens with one attached hydrogen (secondary N) is 1. The standard InChI is InChI=1S/C18H25ClFN7.HI/c1-13-23-24-17(25(13)3)11-22-18(21-2)27-9-7-26(8-10-27)12-14-15(19)5-4-6-16(14)20;/h4-6H,7-12H2,1-3H3,(H,21,22);1H. The van der Waals surface area contributed by atoms with Gasteiger partial charge in [-0.05, 0) is 19.1 Å². The van der Waals surface area contributed by atoms with Gasteiger partial charge in [-0.25, -0.2) is 4.39 Å². The van der Waals surface area contributed by atoms with Gasteiger partial charge in [0.2, 0.25) is 0 Å². The molecule has 0 aliphatic carbocycles. The summed E-state index contributed by atoms with van der Waals surface area (Å²) in [5, 5.41) is 12.1. The normalized spacial score (nSPS) is 15.5. The highest BCUT2D eigenvalue weighted by molar-refractivity contribution is 14.0. The van der Waals surface area contributed by atoms with E-state index in [2.05, 4.69) is 30.3 Å². The molecule has 1 N–H and O–H groups in total. The van der Waals surface area contributed by atoms with Crippen LogP contribution in [0.2, 0.25) is 5.02 Å². The summed E-state index contributed by atoms with van der Waals surface area (Å²) in [6.45, 7) is 6.25. The Hall–Kier alpha value is -1.46. The first-order valence-electron chi connectivity index (χ1n) is 8.95. The molecule has 1 aliphatic heterocycles. The van der Waals surface area contributed by atoms with Crippen LogP contribution in [0, 0.1) is 12.7 Å². The minimum Gasteiger partial charge on any atom is -0.349 e. The Morgan fingerprint density at radius 2 is 1.96 bits per heavy atom. The second-order valence-corrected chi connectivity index (χ2v) is 6.99. The Morgan fingerprint density at radius 1 is 1.25 bits per heavy atom. The highest BCUT2D eigenvalue weighted by Crippen LogP contribution is 2.21. The number of hydrogen-bond acceptors (Lipinski definition) is 4. The van der Waals surface area contributed by atoms with Crippen molar-refractivity contribution >= 4 is 41.5 Å². The zero-order chi connectivity index (χ0) is 19.4. The van der Waals surface area contributed by atoms with Crippen LogP contribution in [0.5, 0.6) is 0 Å². The molecule has 0 bridgehead atoms. The van der Waals surface area contributed by atoms with E-state index in [1.807, 2.05) is 18.5 Å². The van der Waals surface area contributed by atoms with Gasteiger partial charge in [-0.1, -0.05) is 17.7 Å².